The molecule has 8 nitrogen and oxygen atoms in total. The van der Waals surface area contributed by atoms with Gasteiger partial charge in [-0.25, -0.2) is 0 Å². The Morgan fingerprint density at radius 3 is 1.06 bits per heavy atom. The van der Waals surface area contributed by atoms with Crippen LogP contribution < -0.4 is 0 Å². The molecular formula is C28H18O8. The number of hydrogen-bond donors (Lipinski definition) is 4. The van der Waals surface area contributed by atoms with E-state index >= 15 is 0 Å². The van der Waals surface area contributed by atoms with Crippen LogP contribution in [0.15, 0.2) is 84.9 Å². The van der Waals surface area contributed by atoms with Gasteiger partial charge < -0.3 is 20.4 Å². The van der Waals surface area contributed by atoms with Crippen LogP contribution in [0.2, 0.25) is 0 Å². The lowest BCUT2D eigenvalue weighted by molar-refractivity contribution is 0.0815. The van der Waals surface area contributed by atoms with Crippen molar-refractivity contribution < 1.29 is 39.6 Å². The summed E-state index contributed by atoms with van der Waals surface area (Å²) in [5.41, 5.74) is 0.391. The van der Waals surface area contributed by atoms with Crippen LogP contribution in [-0.4, -0.2) is 43.6 Å². The standard InChI is InChI=1S/C28H18O8/c29-19-7-1-15(2-8-19)25(33)27(35)21-11-5-17(13-23(21)31)18-6-12-22(24(32)14-18)28(36)26(34)16-3-9-20(30)10-4-16/h1-14,29-32H. The number of carbonyl (C=O) groups is 4. The third kappa shape index (κ3) is 4.69. The summed E-state index contributed by atoms with van der Waals surface area (Å²) in [7, 11) is 0. The molecule has 0 fully saturated rings. The van der Waals surface area contributed by atoms with Gasteiger partial charge in [0, 0.05) is 11.1 Å². The number of Topliss-reactive ketones (excluding diaryl/α,β-unsaturated/α-hetero) is 4. The Bertz CT molecular complexity index is 1400. The summed E-state index contributed by atoms with van der Waals surface area (Å²) in [5.74, 6) is -4.67. The monoisotopic (exact) mass is 482 g/mol. The number of phenolic OH excluding ortho intramolecular Hbond substituents is 4. The van der Waals surface area contributed by atoms with Crippen LogP contribution in [0.3, 0.4) is 0 Å². The van der Waals surface area contributed by atoms with Gasteiger partial charge in [-0.2, -0.15) is 0 Å². The lowest BCUT2D eigenvalue weighted by Gasteiger charge is -2.09. The van der Waals surface area contributed by atoms with Gasteiger partial charge in [0.15, 0.2) is 0 Å². The molecule has 0 saturated heterocycles. The van der Waals surface area contributed by atoms with Crippen LogP contribution in [0, 0.1) is 0 Å². The zero-order valence-corrected chi connectivity index (χ0v) is 18.5. The Morgan fingerprint density at radius 1 is 0.417 bits per heavy atom. The van der Waals surface area contributed by atoms with Crippen molar-refractivity contribution in [1.82, 2.24) is 0 Å². The molecule has 0 bridgehead atoms. The summed E-state index contributed by atoms with van der Waals surface area (Å²) in [5, 5.41) is 39.5. The highest BCUT2D eigenvalue weighted by Crippen LogP contribution is 2.31. The molecule has 4 N–H and O–H groups in total. The molecule has 0 spiro atoms. The fourth-order valence-electron chi connectivity index (χ4n) is 3.54. The van der Waals surface area contributed by atoms with E-state index in [0.29, 0.717) is 11.1 Å². The van der Waals surface area contributed by atoms with Gasteiger partial charge in [0.05, 0.1) is 11.1 Å². The van der Waals surface area contributed by atoms with E-state index in [-0.39, 0.29) is 33.8 Å². The first-order valence-corrected chi connectivity index (χ1v) is 10.6. The molecule has 8 heteroatoms. The molecule has 4 aromatic rings. The fourth-order valence-corrected chi connectivity index (χ4v) is 3.54. The largest absolute Gasteiger partial charge is 0.508 e. The van der Waals surface area contributed by atoms with Crippen LogP contribution in [0.5, 0.6) is 23.0 Å². The molecule has 0 aromatic heterocycles. The average molecular weight is 482 g/mol. The second-order valence-corrected chi connectivity index (χ2v) is 7.87. The summed E-state index contributed by atoms with van der Waals surface area (Å²) >= 11 is 0. The van der Waals surface area contributed by atoms with Gasteiger partial charge in [0.2, 0.25) is 23.1 Å². The minimum atomic E-state index is -0.943. The summed E-state index contributed by atoms with van der Waals surface area (Å²) in [6.45, 7) is 0. The fraction of sp³-hybridized carbons (Fsp3) is 0. The van der Waals surface area contributed by atoms with E-state index in [1.807, 2.05) is 0 Å². The maximum atomic E-state index is 12.6. The molecule has 4 aromatic carbocycles. The van der Waals surface area contributed by atoms with Crippen LogP contribution in [0.1, 0.15) is 41.4 Å². The van der Waals surface area contributed by atoms with Crippen LogP contribution >= 0.6 is 0 Å². The number of rotatable bonds is 7. The lowest BCUT2D eigenvalue weighted by atomic mass is 9.95. The maximum Gasteiger partial charge on any atom is 0.237 e. The smallest absolute Gasteiger partial charge is 0.237 e. The second kappa shape index (κ2) is 9.55. The first kappa shape index (κ1) is 23.9. The van der Waals surface area contributed by atoms with E-state index < -0.39 is 34.6 Å². The highest BCUT2D eigenvalue weighted by atomic mass is 16.3. The van der Waals surface area contributed by atoms with Crippen molar-refractivity contribution in [2.24, 2.45) is 0 Å². The summed E-state index contributed by atoms with van der Waals surface area (Å²) in [4.78, 5) is 50.0. The summed E-state index contributed by atoms with van der Waals surface area (Å²) in [6, 6.07) is 18.1. The molecule has 0 amide bonds. The molecule has 36 heavy (non-hydrogen) atoms. The number of aromatic hydroxyl groups is 4. The SMILES string of the molecule is O=C(C(=O)c1ccc(-c2ccc(C(=O)C(=O)c3ccc(O)cc3)c(O)c2)cc1O)c1ccc(O)cc1. The van der Waals surface area contributed by atoms with Crippen molar-refractivity contribution in [3.05, 3.63) is 107 Å². The van der Waals surface area contributed by atoms with Crippen LogP contribution in [0.25, 0.3) is 11.1 Å². The minimum Gasteiger partial charge on any atom is -0.508 e. The van der Waals surface area contributed by atoms with E-state index in [1.54, 1.807) is 0 Å². The van der Waals surface area contributed by atoms with Gasteiger partial charge in [-0.15, -0.1) is 0 Å². The van der Waals surface area contributed by atoms with E-state index in [4.69, 9.17) is 0 Å². The van der Waals surface area contributed by atoms with Crippen molar-refractivity contribution in [2.75, 3.05) is 0 Å². The Balaban J connectivity index is 1.57. The van der Waals surface area contributed by atoms with Gasteiger partial charge in [0.1, 0.15) is 23.0 Å². The van der Waals surface area contributed by atoms with Gasteiger partial charge in [0.25, 0.3) is 0 Å². The molecule has 178 valence electrons. The van der Waals surface area contributed by atoms with E-state index in [9.17, 15) is 39.6 Å². The third-order valence-electron chi connectivity index (χ3n) is 5.49. The first-order chi connectivity index (χ1) is 17.2. The molecule has 0 aliphatic heterocycles. The second-order valence-electron chi connectivity index (χ2n) is 7.87. The number of ketones is 4. The van der Waals surface area contributed by atoms with Crippen LogP contribution in [0.4, 0.5) is 0 Å². The zero-order valence-electron chi connectivity index (χ0n) is 18.5. The topological polar surface area (TPSA) is 149 Å². The number of benzene rings is 4. The summed E-state index contributed by atoms with van der Waals surface area (Å²) in [6.07, 6.45) is 0. The lowest BCUT2D eigenvalue weighted by Crippen LogP contribution is -2.14. The average Bonchev–Trinajstić information content (AvgIpc) is 2.88. The van der Waals surface area contributed by atoms with Gasteiger partial charge in [-0.05, 0) is 83.9 Å². The molecular weight excluding hydrogens is 464 g/mol. The molecule has 0 saturated carbocycles. The van der Waals surface area contributed by atoms with Crippen molar-refractivity contribution in [2.45, 2.75) is 0 Å². The molecule has 0 unspecified atom stereocenters. The Morgan fingerprint density at radius 2 is 0.750 bits per heavy atom. The number of phenols is 4. The van der Waals surface area contributed by atoms with E-state index in [1.165, 1.54) is 84.9 Å². The predicted molar refractivity (Wildman–Crippen MR) is 129 cm³/mol. The van der Waals surface area contributed by atoms with Gasteiger partial charge >= 0.3 is 0 Å². The number of carbonyl (C=O) groups excluding carboxylic acids is 4. The van der Waals surface area contributed by atoms with Crippen molar-refractivity contribution in [3.8, 4) is 34.1 Å². The quantitative estimate of drug-likeness (QED) is 0.225. The van der Waals surface area contributed by atoms with E-state index in [2.05, 4.69) is 0 Å². The summed E-state index contributed by atoms with van der Waals surface area (Å²) < 4.78 is 0. The normalized spacial score (nSPS) is 10.6. The Kier molecular flexibility index (Phi) is 6.34. The van der Waals surface area contributed by atoms with E-state index in [0.717, 1.165) is 0 Å². The van der Waals surface area contributed by atoms with Gasteiger partial charge in [-0.3, -0.25) is 19.2 Å². The number of hydrogen-bond acceptors (Lipinski definition) is 8. The molecule has 0 aliphatic carbocycles. The molecule has 0 aliphatic rings. The maximum absolute atomic E-state index is 12.6. The highest BCUT2D eigenvalue weighted by Gasteiger charge is 2.23. The third-order valence-corrected chi connectivity index (χ3v) is 5.49. The van der Waals surface area contributed by atoms with Crippen molar-refractivity contribution in [1.29, 1.82) is 0 Å². The molecule has 4 rings (SSSR count). The first-order valence-electron chi connectivity index (χ1n) is 10.6. The Labute approximate surface area is 204 Å². The molecule has 0 heterocycles. The highest BCUT2D eigenvalue weighted by molar-refractivity contribution is 6.50. The zero-order chi connectivity index (χ0) is 26.0. The Hall–Kier alpha value is -5.24. The minimum absolute atomic E-state index is 0.0494. The predicted octanol–water partition coefficient (Wildman–Crippen LogP) is 4.31. The van der Waals surface area contributed by atoms with Crippen molar-refractivity contribution >= 4 is 23.1 Å². The van der Waals surface area contributed by atoms with Crippen LogP contribution in [-0.2, 0) is 0 Å². The molecule has 0 radical (unpaired) electrons. The van der Waals surface area contributed by atoms with Gasteiger partial charge in [-0.1, -0.05) is 12.1 Å². The molecule has 0 atom stereocenters. The van der Waals surface area contributed by atoms with Crippen molar-refractivity contribution in [3.63, 3.8) is 0 Å².